The normalized spacial score (nSPS) is 10.8. The number of amides is 1. The van der Waals surface area contributed by atoms with Crippen LogP contribution < -0.4 is 10.1 Å². The van der Waals surface area contributed by atoms with Crippen LogP contribution in [0.25, 0.3) is 0 Å². The fraction of sp³-hybridized carbons (Fsp3) is 0.567. The Morgan fingerprint density at radius 3 is 1.88 bits per heavy atom. The van der Waals surface area contributed by atoms with Crippen LogP contribution in [0, 0.1) is 0 Å². The van der Waals surface area contributed by atoms with E-state index in [1.807, 2.05) is 54.6 Å². The van der Waals surface area contributed by atoms with E-state index in [0.29, 0.717) is 12.2 Å². The van der Waals surface area contributed by atoms with Crippen molar-refractivity contribution in [2.75, 3.05) is 6.54 Å². The summed E-state index contributed by atoms with van der Waals surface area (Å²) in [6, 6.07) is 17.5. The highest BCUT2D eigenvalue weighted by Gasteiger charge is 2.06. The summed E-state index contributed by atoms with van der Waals surface area (Å²) in [6.45, 7) is 3.52. The number of rotatable bonds is 19. The zero-order valence-corrected chi connectivity index (χ0v) is 20.8. The van der Waals surface area contributed by atoms with Gasteiger partial charge in [-0.25, -0.2) is 0 Å². The Kier molecular flexibility index (Phi) is 14.8. The molecular weight excluding hydrogens is 406 g/mol. The summed E-state index contributed by atoms with van der Waals surface area (Å²) < 4.78 is 5.83. The lowest BCUT2D eigenvalue weighted by Crippen LogP contribution is -2.24. The number of carbonyl (C=O) groups is 1. The molecule has 0 spiro atoms. The van der Waals surface area contributed by atoms with Gasteiger partial charge in [-0.1, -0.05) is 127 Å². The van der Waals surface area contributed by atoms with Crippen molar-refractivity contribution >= 4 is 5.91 Å². The third-order valence-corrected chi connectivity index (χ3v) is 6.16. The summed E-state index contributed by atoms with van der Waals surface area (Å²) in [7, 11) is 0. The van der Waals surface area contributed by atoms with Crippen LogP contribution in [0.3, 0.4) is 0 Å². The molecule has 1 amide bonds. The fourth-order valence-corrected chi connectivity index (χ4v) is 4.09. The van der Waals surface area contributed by atoms with Crippen LogP contribution >= 0.6 is 0 Å². The van der Waals surface area contributed by atoms with Crippen LogP contribution in [0.5, 0.6) is 5.75 Å². The van der Waals surface area contributed by atoms with Crippen LogP contribution in [0.15, 0.2) is 54.6 Å². The monoisotopic (exact) mass is 451 g/mol. The Balaban J connectivity index is 1.45. The molecule has 182 valence electrons. The maximum Gasteiger partial charge on any atom is 0.251 e. The maximum absolute atomic E-state index is 12.4. The molecule has 3 nitrogen and oxygen atoms in total. The topological polar surface area (TPSA) is 38.3 Å². The first kappa shape index (κ1) is 27.0. The first-order valence-corrected chi connectivity index (χ1v) is 13.3. The van der Waals surface area contributed by atoms with Gasteiger partial charge in [-0.15, -0.1) is 0 Å². The van der Waals surface area contributed by atoms with Gasteiger partial charge >= 0.3 is 0 Å². The van der Waals surface area contributed by atoms with Gasteiger partial charge in [0.15, 0.2) is 0 Å². The molecule has 2 rings (SSSR count). The average molecular weight is 452 g/mol. The van der Waals surface area contributed by atoms with Crippen molar-refractivity contribution in [1.29, 1.82) is 0 Å². The molecule has 0 aliphatic heterocycles. The lowest BCUT2D eigenvalue weighted by atomic mass is 10.0. The largest absolute Gasteiger partial charge is 0.489 e. The van der Waals surface area contributed by atoms with Gasteiger partial charge in [0.1, 0.15) is 12.4 Å². The van der Waals surface area contributed by atoms with Gasteiger partial charge in [0.05, 0.1) is 0 Å². The second-order valence-corrected chi connectivity index (χ2v) is 9.15. The van der Waals surface area contributed by atoms with Gasteiger partial charge in [-0.2, -0.15) is 0 Å². The summed E-state index contributed by atoms with van der Waals surface area (Å²) in [4.78, 5) is 12.4. The lowest BCUT2D eigenvalue weighted by molar-refractivity contribution is 0.0952. The summed E-state index contributed by atoms with van der Waals surface area (Å²) >= 11 is 0. The Labute approximate surface area is 202 Å². The van der Waals surface area contributed by atoms with Crippen LogP contribution in [-0.4, -0.2) is 12.5 Å². The van der Waals surface area contributed by atoms with E-state index in [2.05, 4.69) is 12.2 Å². The van der Waals surface area contributed by atoms with Crippen molar-refractivity contribution in [2.45, 2.75) is 103 Å². The number of ether oxygens (including phenoxy) is 1. The molecule has 2 aromatic rings. The van der Waals surface area contributed by atoms with Crippen molar-refractivity contribution < 1.29 is 9.53 Å². The molecule has 0 saturated heterocycles. The molecule has 0 fully saturated rings. The van der Waals surface area contributed by atoms with Crippen molar-refractivity contribution in [1.82, 2.24) is 5.32 Å². The van der Waals surface area contributed by atoms with Crippen molar-refractivity contribution in [3.63, 3.8) is 0 Å². The number of benzene rings is 2. The quantitative estimate of drug-likeness (QED) is 0.217. The lowest BCUT2D eigenvalue weighted by Gasteiger charge is -2.09. The number of hydrogen-bond acceptors (Lipinski definition) is 2. The molecule has 0 aromatic heterocycles. The fourth-order valence-electron chi connectivity index (χ4n) is 4.09. The molecule has 0 aliphatic carbocycles. The van der Waals surface area contributed by atoms with Gasteiger partial charge in [-0.05, 0) is 30.2 Å². The minimum Gasteiger partial charge on any atom is -0.489 e. The second-order valence-electron chi connectivity index (χ2n) is 9.15. The number of carbonyl (C=O) groups excluding carboxylic acids is 1. The minimum atomic E-state index is -0.0187. The number of hydrogen-bond donors (Lipinski definition) is 1. The van der Waals surface area contributed by atoms with Crippen LogP contribution in [0.4, 0.5) is 0 Å². The Morgan fingerprint density at radius 2 is 1.27 bits per heavy atom. The van der Waals surface area contributed by atoms with E-state index < -0.39 is 0 Å². The molecule has 2 aromatic carbocycles. The Hall–Kier alpha value is -2.29. The zero-order valence-electron chi connectivity index (χ0n) is 20.8. The summed E-state index contributed by atoms with van der Waals surface area (Å²) in [5.41, 5.74) is 1.77. The molecule has 0 heterocycles. The molecule has 1 N–H and O–H groups in total. The van der Waals surface area contributed by atoms with Gasteiger partial charge in [0.25, 0.3) is 5.91 Å². The highest BCUT2D eigenvalue weighted by atomic mass is 16.5. The zero-order chi connectivity index (χ0) is 23.4. The molecule has 0 unspecified atom stereocenters. The van der Waals surface area contributed by atoms with E-state index in [9.17, 15) is 4.79 Å². The maximum atomic E-state index is 12.4. The highest BCUT2D eigenvalue weighted by Crippen LogP contribution is 2.16. The Bertz CT molecular complexity index is 744. The predicted molar refractivity (Wildman–Crippen MR) is 140 cm³/mol. The van der Waals surface area contributed by atoms with Crippen LogP contribution in [0.1, 0.15) is 113 Å². The summed E-state index contributed by atoms with van der Waals surface area (Å²) in [5.74, 6) is 0.706. The third-order valence-electron chi connectivity index (χ3n) is 6.16. The molecule has 0 bridgehead atoms. The Morgan fingerprint density at radius 1 is 0.697 bits per heavy atom. The van der Waals surface area contributed by atoms with E-state index in [-0.39, 0.29) is 5.91 Å². The van der Waals surface area contributed by atoms with Gasteiger partial charge in [0, 0.05) is 12.1 Å². The smallest absolute Gasteiger partial charge is 0.251 e. The van der Waals surface area contributed by atoms with E-state index >= 15 is 0 Å². The van der Waals surface area contributed by atoms with E-state index in [1.54, 1.807) is 0 Å². The number of unbranched alkanes of at least 4 members (excludes halogenated alkanes) is 13. The van der Waals surface area contributed by atoms with Gasteiger partial charge < -0.3 is 10.1 Å². The van der Waals surface area contributed by atoms with E-state index in [4.69, 9.17) is 4.74 Å². The van der Waals surface area contributed by atoms with Crippen LogP contribution in [0.2, 0.25) is 0 Å². The van der Waals surface area contributed by atoms with E-state index in [1.165, 1.54) is 83.5 Å². The summed E-state index contributed by atoms with van der Waals surface area (Å²) in [6.07, 6.45) is 18.8. The van der Waals surface area contributed by atoms with Crippen molar-refractivity contribution in [2.24, 2.45) is 0 Å². The standard InChI is InChI=1S/C30H45NO2/c1-2-3-4-5-6-7-8-9-10-11-12-13-14-18-24-31-30(32)28-22-19-23-29(25-28)33-26-27-20-16-15-17-21-27/h15-17,19-23,25H,2-14,18,24,26H2,1H3,(H,31,32). The third kappa shape index (κ3) is 13.1. The SMILES string of the molecule is CCCCCCCCCCCCCCCCNC(=O)c1cccc(OCc2ccccc2)c1. The first-order chi connectivity index (χ1) is 16.3. The first-order valence-electron chi connectivity index (χ1n) is 13.3. The van der Waals surface area contributed by atoms with Gasteiger partial charge in [0.2, 0.25) is 0 Å². The summed E-state index contributed by atoms with van der Waals surface area (Å²) in [5, 5.41) is 3.05. The molecule has 0 atom stereocenters. The van der Waals surface area contributed by atoms with Crippen molar-refractivity contribution in [3.8, 4) is 5.75 Å². The second kappa shape index (κ2) is 18.2. The minimum absolute atomic E-state index is 0.0187. The molecular formula is C30H45NO2. The van der Waals surface area contributed by atoms with Crippen molar-refractivity contribution in [3.05, 3.63) is 65.7 Å². The van der Waals surface area contributed by atoms with Crippen LogP contribution in [-0.2, 0) is 6.61 Å². The number of nitrogens with one attached hydrogen (secondary N) is 1. The molecule has 0 radical (unpaired) electrons. The highest BCUT2D eigenvalue weighted by molar-refractivity contribution is 5.94. The van der Waals surface area contributed by atoms with E-state index in [0.717, 1.165) is 24.3 Å². The predicted octanol–water partition coefficient (Wildman–Crippen LogP) is 8.48. The average Bonchev–Trinajstić information content (AvgIpc) is 2.86. The molecule has 33 heavy (non-hydrogen) atoms. The molecule has 0 saturated carbocycles. The van der Waals surface area contributed by atoms with Gasteiger partial charge in [-0.3, -0.25) is 4.79 Å². The molecule has 0 aliphatic rings. The molecule has 3 heteroatoms.